The molecule has 6 heteroatoms. The molecule has 1 fully saturated rings. The van der Waals surface area contributed by atoms with Crippen molar-refractivity contribution in [1.82, 2.24) is 4.31 Å². The number of sulfonamides is 1. The molecule has 2 N–H and O–H groups in total. The summed E-state index contributed by atoms with van der Waals surface area (Å²) in [6, 6.07) is 1.93. The average Bonchev–Trinajstić information content (AvgIpc) is 2.89. The van der Waals surface area contributed by atoms with E-state index in [0.29, 0.717) is 16.1 Å². The number of nitrogens with two attached hydrogens (primary N) is 1. The van der Waals surface area contributed by atoms with Crippen molar-refractivity contribution in [3.8, 4) is 0 Å². The van der Waals surface area contributed by atoms with Crippen LogP contribution in [0.4, 0.5) is 5.69 Å². The molecule has 0 radical (unpaired) electrons. The highest BCUT2D eigenvalue weighted by Gasteiger charge is 2.33. The van der Waals surface area contributed by atoms with Crippen LogP contribution < -0.4 is 5.73 Å². The second kappa shape index (κ2) is 5.58. The van der Waals surface area contributed by atoms with Crippen molar-refractivity contribution in [1.29, 1.82) is 0 Å². The van der Waals surface area contributed by atoms with Crippen LogP contribution in [0.5, 0.6) is 0 Å². The summed E-state index contributed by atoms with van der Waals surface area (Å²) in [6.45, 7) is 5.54. The van der Waals surface area contributed by atoms with Gasteiger partial charge < -0.3 is 5.73 Å². The van der Waals surface area contributed by atoms with E-state index in [1.807, 2.05) is 19.9 Å². The van der Waals surface area contributed by atoms with E-state index in [2.05, 4.69) is 0 Å². The Morgan fingerprint density at radius 3 is 2.50 bits per heavy atom. The second-order valence-corrected chi connectivity index (χ2v) is 8.48. The minimum atomic E-state index is -3.49. The Kier molecular flexibility index (Phi) is 4.37. The Morgan fingerprint density at radius 1 is 1.30 bits per heavy atom. The number of hydrogen-bond donors (Lipinski definition) is 1. The molecule has 0 amide bonds. The van der Waals surface area contributed by atoms with Crippen LogP contribution in [-0.4, -0.2) is 37.3 Å². The van der Waals surface area contributed by atoms with Gasteiger partial charge in [-0.2, -0.15) is 16.1 Å². The first-order chi connectivity index (χ1) is 9.26. The van der Waals surface area contributed by atoms with Gasteiger partial charge in [-0.25, -0.2) is 8.42 Å². The fraction of sp³-hybridized carbons (Fsp3) is 0.571. The van der Waals surface area contributed by atoms with E-state index in [1.54, 1.807) is 25.7 Å². The third-order valence-electron chi connectivity index (χ3n) is 4.13. The highest BCUT2D eigenvalue weighted by atomic mass is 32.2. The summed E-state index contributed by atoms with van der Waals surface area (Å²) in [4.78, 5) is 0.384. The van der Waals surface area contributed by atoms with E-state index >= 15 is 0 Å². The normalized spacial score (nSPS) is 19.8. The zero-order valence-corrected chi connectivity index (χ0v) is 14.1. The van der Waals surface area contributed by atoms with Crippen molar-refractivity contribution in [2.45, 2.75) is 38.1 Å². The molecule has 0 spiro atoms. The molecule has 1 unspecified atom stereocenters. The van der Waals surface area contributed by atoms with Crippen LogP contribution in [-0.2, 0) is 10.0 Å². The highest BCUT2D eigenvalue weighted by Crippen LogP contribution is 2.32. The van der Waals surface area contributed by atoms with E-state index in [-0.39, 0.29) is 6.04 Å². The molecule has 1 saturated heterocycles. The fourth-order valence-electron chi connectivity index (χ4n) is 2.58. The van der Waals surface area contributed by atoms with Crippen LogP contribution in [0.25, 0.3) is 0 Å². The van der Waals surface area contributed by atoms with Gasteiger partial charge in [0, 0.05) is 24.5 Å². The molecule has 0 saturated carbocycles. The van der Waals surface area contributed by atoms with Gasteiger partial charge in [0.05, 0.1) is 4.90 Å². The lowest BCUT2D eigenvalue weighted by Crippen LogP contribution is -2.37. The summed E-state index contributed by atoms with van der Waals surface area (Å²) in [5.74, 6) is 1.90. The first-order valence-corrected chi connectivity index (χ1v) is 9.28. The maximum atomic E-state index is 12.9. The number of nitrogens with zero attached hydrogens (tertiary/aromatic N) is 1. The average molecular weight is 314 g/mol. The Balaban J connectivity index is 2.54. The molecule has 0 aliphatic carbocycles. The lowest BCUT2D eigenvalue weighted by atomic mass is 10.1. The van der Waals surface area contributed by atoms with Gasteiger partial charge in [0.1, 0.15) is 0 Å². The SMILES string of the molecule is Cc1cc(N)c(C)c(S(=O)(=O)N(C)C2CCSC2)c1C. The van der Waals surface area contributed by atoms with Gasteiger partial charge >= 0.3 is 0 Å². The molecule has 1 atom stereocenters. The van der Waals surface area contributed by atoms with Crippen molar-refractivity contribution in [3.63, 3.8) is 0 Å². The minimum Gasteiger partial charge on any atom is -0.398 e. The molecule has 1 heterocycles. The van der Waals surface area contributed by atoms with Gasteiger partial charge in [-0.1, -0.05) is 0 Å². The molecule has 1 aliphatic heterocycles. The third-order valence-corrected chi connectivity index (χ3v) is 7.46. The molecule has 0 aromatic heterocycles. The highest BCUT2D eigenvalue weighted by molar-refractivity contribution is 7.99. The molecular weight excluding hydrogens is 292 g/mol. The predicted molar refractivity (Wildman–Crippen MR) is 85.7 cm³/mol. The lowest BCUT2D eigenvalue weighted by Gasteiger charge is -2.26. The van der Waals surface area contributed by atoms with Crippen molar-refractivity contribution in [3.05, 3.63) is 22.8 Å². The zero-order chi connectivity index (χ0) is 15.1. The Bertz CT molecular complexity index is 594. The van der Waals surface area contributed by atoms with E-state index in [4.69, 9.17) is 5.73 Å². The monoisotopic (exact) mass is 314 g/mol. The smallest absolute Gasteiger partial charge is 0.243 e. The summed E-state index contributed by atoms with van der Waals surface area (Å²) in [6.07, 6.45) is 0.916. The quantitative estimate of drug-likeness (QED) is 0.870. The van der Waals surface area contributed by atoms with Gasteiger partial charge in [0.25, 0.3) is 0 Å². The van der Waals surface area contributed by atoms with Gasteiger partial charge in [-0.05, 0) is 55.7 Å². The standard InChI is InChI=1S/C14H22N2O2S2/c1-9-7-13(15)11(3)14(10(9)2)20(17,18)16(4)12-5-6-19-8-12/h7,12H,5-6,8,15H2,1-4H3. The van der Waals surface area contributed by atoms with Crippen molar-refractivity contribution < 1.29 is 8.42 Å². The number of thioether (sulfide) groups is 1. The van der Waals surface area contributed by atoms with Crippen LogP contribution in [0.3, 0.4) is 0 Å². The Morgan fingerprint density at radius 2 is 1.95 bits per heavy atom. The van der Waals surface area contributed by atoms with Crippen LogP contribution in [0.2, 0.25) is 0 Å². The van der Waals surface area contributed by atoms with E-state index in [9.17, 15) is 8.42 Å². The van der Waals surface area contributed by atoms with Crippen LogP contribution in [0.1, 0.15) is 23.1 Å². The first-order valence-electron chi connectivity index (χ1n) is 6.69. The van der Waals surface area contributed by atoms with Crippen LogP contribution in [0, 0.1) is 20.8 Å². The molecule has 1 aromatic carbocycles. The molecule has 4 nitrogen and oxygen atoms in total. The first kappa shape index (κ1) is 15.7. The number of benzene rings is 1. The van der Waals surface area contributed by atoms with Crippen LogP contribution in [0.15, 0.2) is 11.0 Å². The summed E-state index contributed by atoms with van der Waals surface area (Å²) in [7, 11) is -1.80. The molecular formula is C14H22N2O2S2. The van der Waals surface area contributed by atoms with Gasteiger partial charge in [-0.3, -0.25) is 0 Å². The Hall–Kier alpha value is -0.720. The molecule has 20 heavy (non-hydrogen) atoms. The zero-order valence-electron chi connectivity index (χ0n) is 12.4. The Labute approximate surface area is 125 Å². The molecule has 0 bridgehead atoms. The summed E-state index contributed by atoms with van der Waals surface area (Å²) in [5.41, 5.74) is 8.87. The maximum Gasteiger partial charge on any atom is 0.243 e. The number of aryl methyl sites for hydroxylation is 1. The lowest BCUT2D eigenvalue weighted by molar-refractivity contribution is 0.394. The summed E-state index contributed by atoms with van der Waals surface area (Å²) < 4.78 is 27.4. The van der Waals surface area contributed by atoms with E-state index in [0.717, 1.165) is 29.1 Å². The summed E-state index contributed by atoms with van der Waals surface area (Å²) >= 11 is 1.81. The largest absolute Gasteiger partial charge is 0.398 e. The van der Waals surface area contributed by atoms with Gasteiger partial charge in [0.2, 0.25) is 10.0 Å². The number of hydrogen-bond acceptors (Lipinski definition) is 4. The van der Waals surface area contributed by atoms with Crippen molar-refractivity contribution in [2.24, 2.45) is 0 Å². The number of anilines is 1. The van der Waals surface area contributed by atoms with Crippen molar-refractivity contribution in [2.75, 3.05) is 24.3 Å². The molecule has 2 rings (SSSR count). The summed E-state index contributed by atoms with van der Waals surface area (Å²) in [5, 5.41) is 0. The van der Waals surface area contributed by atoms with E-state index < -0.39 is 10.0 Å². The number of rotatable bonds is 3. The van der Waals surface area contributed by atoms with Gasteiger partial charge in [0.15, 0.2) is 0 Å². The fourth-order valence-corrected chi connectivity index (χ4v) is 5.85. The van der Waals surface area contributed by atoms with Crippen molar-refractivity contribution >= 4 is 27.5 Å². The minimum absolute atomic E-state index is 0.0885. The maximum absolute atomic E-state index is 12.9. The topological polar surface area (TPSA) is 63.4 Å². The molecule has 1 aromatic rings. The predicted octanol–water partition coefficient (Wildman–Crippen LogP) is 2.32. The van der Waals surface area contributed by atoms with Gasteiger partial charge in [-0.15, -0.1) is 0 Å². The second-order valence-electron chi connectivity index (χ2n) is 5.40. The third kappa shape index (κ3) is 2.56. The van der Waals surface area contributed by atoms with Crippen LogP contribution >= 0.6 is 11.8 Å². The number of nitrogen functional groups attached to an aromatic ring is 1. The molecule has 112 valence electrons. The molecule has 1 aliphatic rings. The van der Waals surface area contributed by atoms with E-state index in [1.165, 1.54) is 4.31 Å².